The average Bonchev–Trinajstić information content (AvgIpc) is 2.13. The van der Waals surface area contributed by atoms with Gasteiger partial charge < -0.3 is 0 Å². The number of benzene rings is 1. The third-order valence-electron chi connectivity index (χ3n) is 3.36. The van der Waals surface area contributed by atoms with Gasteiger partial charge in [-0.25, -0.2) is 0 Å². The number of hydrogen-bond acceptors (Lipinski definition) is 1. The number of rotatable bonds is 4. The Balaban J connectivity index is 2.88. The third-order valence-corrected chi connectivity index (χ3v) is 9.54. The van der Waals surface area contributed by atoms with E-state index in [4.69, 9.17) is 0 Å². The van der Waals surface area contributed by atoms with Gasteiger partial charge in [-0.15, -0.1) is 0 Å². The second kappa shape index (κ2) is 5.79. The molecule has 0 aromatic heterocycles. The van der Waals surface area contributed by atoms with E-state index < -0.39 is 13.3 Å². The van der Waals surface area contributed by atoms with Gasteiger partial charge in [-0.2, -0.15) is 0 Å². The molecule has 1 nitrogen and oxygen atoms in total. The van der Waals surface area contributed by atoms with Crippen molar-refractivity contribution in [1.29, 1.82) is 0 Å². The van der Waals surface area contributed by atoms with Crippen LogP contribution in [0.2, 0.25) is 17.3 Å². The molecule has 0 spiro atoms. The van der Waals surface area contributed by atoms with Crippen molar-refractivity contribution in [2.75, 3.05) is 7.05 Å². The van der Waals surface area contributed by atoms with Crippen molar-refractivity contribution in [2.45, 2.75) is 49.5 Å². The van der Waals surface area contributed by atoms with Crippen molar-refractivity contribution >= 4 is 13.3 Å². The molecular weight excluding hydrogens is 279 g/mol. The van der Waals surface area contributed by atoms with E-state index >= 15 is 0 Å². The molecule has 0 saturated heterocycles. The monoisotopic (exact) mass is 309 g/mol. The van der Waals surface area contributed by atoms with Crippen molar-refractivity contribution in [3.63, 3.8) is 0 Å². The summed E-state index contributed by atoms with van der Waals surface area (Å²) in [7, 11) is 2.29. The molecule has 0 bridgehead atoms. The first-order chi connectivity index (χ1) is 8.12. The molecule has 1 unspecified atom stereocenters. The molecule has 0 amide bonds. The van der Waals surface area contributed by atoms with Crippen molar-refractivity contribution < 1.29 is 0 Å². The summed E-state index contributed by atoms with van der Waals surface area (Å²) in [5.74, 6) is 7.58. The van der Waals surface area contributed by atoms with Gasteiger partial charge in [-0.1, -0.05) is 0 Å². The van der Waals surface area contributed by atoms with Gasteiger partial charge in [0.1, 0.15) is 0 Å². The molecule has 0 aliphatic rings. The zero-order valence-electron chi connectivity index (χ0n) is 13.1. The summed E-state index contributed by atoms with van der Waals surface area (Å²) in [5.41, 5.74) is 1.78. The Morgan fingerprint density at radius 1 is 1.06 bits per heavy atom. The summed E-state index contributed by atoms with van der Waals surface area (Å²) in [6, 6.07) is 10.8. The maximum absolute atomic E-state index is 2.58. The minimum absolute atomic E-state index is 0.363. The minimum atomic E-state index is -1.74. The maximum atomic E-state index is 2.58. The summed E-state index contributed by atoms with van der Waals surface area (Å²) in [6.07, 6.45) is 0. The molecule has 102 valence electrons. The third kappa shape index (κ3) is 4.43. The predicted octanol–water partition coefficient (Wildman–Crippen LogP) is 4.41. The van der Waals surface area contributed by atoms with Crippen LogP contribution >= 0.6 is 0 Å². The number of hydrogen-bond donors (Lipinski definition) is 0. The van der Waals surface area contributed by atoms with Gasteiger partial charge in [0, 0.05) is 0 Å². The van der Waals surface area contributed by atoms with Crippen LogP contribution in [0.25, 0.3) is 0 Å². The summed E-state index contributed by atoms with van der Waals surface area (Å²) >= 11 is -1.74. The van der Waals surface area contributed by atoms with Crippen LogP contribution in [-0.4, -0.2) is 30.1 Å². The first-order valence-electron chi connectivity index (χ1n) is 6.86. The molecule has 1 atom stereocenters. The Morgan fingerprint density at radius 2 is 1.56 bits per heavy atom. The molecule has 0 fully saturated rings. The Morgan fingerprint density at radius 3 is 1.94 bits per heavy atom. The second-order valence-electron chi connectivity index (χ2n) is 7.54. The normalized spacial score (nSPS) is 14.9. The van der Waals surface area contributed by atoms with Gasteiger partial charge in [0.05, 0.1) is 0 Å². The molecule has 0 N–H and O–H groups in total. The molecular formula is C16H29GeN. The molecule has 1 aromatic rings. The standard InChI is InChI=1S/C16H29GeN/c1-16(2,3)15(17(4,5)6)18(7)13-14-11-9-8-10-12-14/h8-12,15H,13H2,1-7H3. The van der Waals surface area contributed by atoms with E-state index in [0.717, 1.165) is 11.4 Å². The quantitative estimate of drug-likeness (QED) is 0.745. The zero-order chi connectivity index (χ0) is 14.0. The summed E-state index contributed by atoms with van der Waals surface area (Å²) in [6.45, 7) is 8.21. The Hall–Kier alpha value is -0.277. The van der Waals surface area contributed by atoms with Crippen LogP contribution < -0.4 is 0 Å². The van der Waals surface area contributed by atoms with Crippen LogP contribution in [0.4, 0.5) is 0 Å². The average molecular weight is 308 g/mol. The van der Waals surface area contributed by atoms with Gasteiger partial charge >= 0.3 is 116 Å². The van der Waals surface area contributed by atoms with Crippen molar-refractivity contribution in [3.05, 3.63) is 35.9 Å². The van der Waals surface area contributed by atoms with E-state index in [1.807, 2.05) is 0 Å². The van der Waals surface area contributed by atoms with Crippen molar-refractivity contribution in [3.8, 4) is 0 Å². The van der Waals surface area contributed by atoms with Crippen LogP contribution in [0.1, 0.15) is 26.3 Å². The molecule has 18 heavy (non-hydrogen) atoms. The van der Waals surface area contributed by atoms with Gasteiger partial charge in [0.2, 0.25) is 0 Å². The SMILES string of the molecule is CN(Cc1ccccc1)[CH](C(C)(C)C)[Ge]([CH3])([CH3])[CH3]. The van der Waals surface area contributed by atoms with Gasteiger partial charge in [-0.3, -0.25) is 0 Å². The summed E-state index contributed by atoms with van der Waals surface area (Å²) < 4.78 is 0. The Labute approximate surface area is 116 Å². The Kier molecular flexibility index (Phi) is 5.07. The van der Waals surface area contributed by atoms with E-state index in [2.05, 4.69) is 80.3 Å². The first kappa shape index (κ1) is 15.8. The van der Waals surface area contributed by atoms with E-state index in [1.54, 1.807) is 0 Å². The van der Waals surface area contributed by atoms with Crippen molar-refractivity contribution in [1.82, 2.24) is 4.90 Å². The van der Waals surface area contributed by atoms with Gasteiger partial charge in [0.25, 0.3) is 0 Å². The molecule has 0 heterocycles. The summed E-state index contributed by atoms with van der Waals surface area (Å²) in [5, 5.41) is 0. The molecule has 0 radical (unpaired) electrons. The topological polar surface area (TPSA) is 3.24 Å². The molecule has 2 heteroatoms. The van der Waals surface area contributed by atoms with E-state index in [9.17, 15) is 0 Å². The van der Waals surface area contributed by atoms with Crippen LogP contribution in [0.15, 0.2) is 30.3 Å². The second-order valence-corrected chi connectivity index (χ2v) is 18.6. The van der Waals surface area contributed by atoms with Gasteiger partial charge in [0.15, 0.2) is 0 Å². The van der Waals surface area contributed by atoms with E-state index in [1.165, 1.54) is 5.56 Å². The summed E-state index contributed by atoms with van der Waals surface area (Å²) in [4.78, 5) is 3.31. The van der Waals surface area contributed by atoms with Crippen LogP contribution in [0, 0.1) is 5.41 Å². The van der Waals surface area contributed by atoms with Crippen molar-refractivity contribution in [2.24, 2.45) is 5.41 Å². The van der Waals surface area contributed by atoms with Gasteiger partial charge in [-0.05, 0) is 0 Å². The fourth-order valence-corrected chi connectivity index (χ4v) is 12.0. The predicted molar refractivity (Wildman–Crippen MR) is 84.5 cm³/mol. The first-order valence-corrected chi connectivity index (χ1v) is 14.4. The Bertz CT molecular complexity index is 345. The molecule has 0 aliphatic carbocycles. The molecule has 0 aliphatic heterocycles. The molecule has 1 rings (SSSR count). The molecule has 1 aromatic carbocycles. The van der Waals surface area contributed by atoms with E-state index in [-0.39, 0.29) is 0 Å². The van der Waals surface area contributed by atoms with Crippen LogP contribution in [-0.2, 0) is 6.54 Å². The fraction of sp³-hybridized carbons (Fsp3) is 0.625. The van der Waals surface area contributed by atoms with Crippen LogP contribution in [0.3, 0.4) is 0 Å². The zero-order valence-corrected chi connectivity index (χ0v) is 15.2. The number of nitrogens with zero attached hydrogens (tertiary/aromatic N) is 1. The fourth-order valence-electron chi connectivity index (χ4n) is 3.58. The van der Waals surface area contributed by atoms with Crippen LogP contribution in [0.5, 0.6) is 0 Å². The van der Waals surface area contributed by atoms with E-state index in [0.29, 0.717) is 5.41 Å². The molecule has 0 saturated carbocycles.